The van der Waals surface area contributed by atoms with Crippen LogP contribution in [0.15, 0.2) is 46.9 Å². The molecule has 0 saturated heterocycles. The third kappa shape index (κ3) is 3.26. The summed E-state index contributed by atoms with van der Waals surface area (Å²) in [4.78, 5) is 4.57. The Morgan fingerprint density at radius 2 is 2.10 bits per heavy atom. The van der Waals surface area contributed by atoms with E-state index in [-0.39, 0.29) is 6.04 Å². The fraction of sp³-hybridized carbons (Fsp3) is 0.188. The number of hydrogen-bond acceptors (Lipinski definition) is 4. The van der Waals surface area contributed by atoms with E-state index in [0.717, 1.165) is 26.3 Å². The van der Waals surface area contributed by atoms with Crippen molar-refractivity contribution in [2.24, 2.45) is 5.73 Å². The molecule has 0 fully saturated rings. The molecule has 1 atom stereocenters. The molecular formula is C16H15BrN2OS. The topological polar surface area (TPSA) is 48.1 Å². The Balaban J connectivity index is 1.81. The van der Waals surface area contributed by atoms with E-state index >= 15 is 0 Å². The monoisotopic (exact) mass is 362 g/mol. The Labute approximate surface area is 135 Å². The van der Waals surface area contributed by atoms with Gasteiger partial charge in [-0.15, -0.1) is 11.3 Å². The van der Waals surface area contributed by atoms with Gasteiger partial charge in [-0.05, 0) is 37.3 Å². The van der Waals surface area contributed by atoms with Crippen molar-refractivity contribution >= 4 is 37.5 Å². The van der Waals surface area contributed by atoms with Crippen LogP contribution in [-0.4, -0.2) is 4.98 Å². The molecule has 2 N–H and O–H groups in total. The summed E-state index contributed by atoms with van der Waals surface area (Å²) >= 11 is 5.12. The molecule has 0 aliphatic carbocycles. The van der Waals surface area contributed by atoms with Crippen LogP contribution in [0.2, 0.25) is 0 Å². The fourth-order valence-electron chi connectivity index (χ4n) is 2.13. The van der Waals surface area contributed by atoms with Crippen LogP contribution >= 0.6 is 27.3 Å². The molecular weight excluding hydrogens is 348 g/mol. The van der Waals surface area contributed by atoms with Crippen molar-refractivity contribution in [1.29, 1.82) is 0 Å². The van der Waals surface area contributed by atoms with Gasteiger partial charge in [0.05, 0.1) is 10.2 Å². The molecule has 2 aromatic carbocycles. The first-order valence-corrected chi connectivity index (χ1v) is 8.27. The van der Waals surface area contributed by atoms with Crippen molar-refractivity contribution < 1.29 is 4.74 Å². The number of nitrogens with zero attached hydrogens (tertiary/aromatic N) is 1. The standard InChI is InChI=1S/C16H15BrN2OS/c1-10(18)12-8-11(17)6-7-14(12)20-9-16-19-13-4-2-3-5-15(13)21-16/h2-8,10H,9,18H2,1H3/t10-/m1/s1. The average molecular weight is 363 g/mol. The number of nitrogens with two attached hydrogens (primary N) is 1. The van der Waals surface area contributed by atoms with Crippen molar-refractivity contribution in [3.63, 3.8) is 0 Å². The van der Waals surface area contributed by atoms with E-state index in [9.17, 15) is 0 Å². The van der Waals surface area contributed by atoms with E-state index in [1.165, 1.54) is 4.70 Å². The summed E-state index contributed by atoms with van der Waals surface area (Å²) in [5.74, 6) is 0.812. The molecule has 5 heteroatoms. The summed E-state index contributed by atoms with van der Waals surface area (Å²) in [6.07, 6.45) is 0. The third-order valence-corrected chi connectivity index (χ3v) is 4.65. The Morgan fingerprint density at radius 3 is 2.86 bits per heavy atom. The number of halogens is 1. The van der Waals surface area contributed by atoms with Gasteiger partial charge in [0, 0.05) is 16.1 Å². The Morgan fingerprint density at radius 1 is 1.29 bits per heavy atom. The molecule has 0 bridgehead atoms. The highest BCUT2D eigenvalue weighted by atomic mass is 79.9. The smallest absolute Gasteiger partial charge is 0.140 e. The van der Waals surface area contributed by atoms with Crippen LogP contribution in [0.4, 0.5) is 0 Å². The first-order valence-electron chi connectivity index (χ1n) is 6.66. The fourth-order valence-corrected chi connectivity index (χ4v) is 3.39. The van der Waals surface area contributed by atoms with E-state index in [0.29, 0.717) is 6.61 Å². The number of rotatable bonds is 4. The minimum absolute atomic E-state index is 0.0760. The van der Waals surface area contributed by atoms with E-state index in [1.807, 2.05) is 43.3 Å². The van der Waals surface area contributed by atoms with Gasteiger partial charge in [-0.1, -0.05) is 28.1 Å². The number of ether oxygens (including phenoxy) is 1. The molecule has 0 saturated carbocycles. The predicted octanol–water partition coefficient (Wildman–Crippen LogP) is 4.66. The molecule has 0 spiro atoms. The highest BCUT2D eigenvalue weighted by molar-refractivity contribution is 9.10. The largest absolute Gasteiger partial charge is 0.486 e. The zero-order valence-electron chi connectivity index (χ0n) is 11.5. The van der Waals surface area contributed by atoms with Crippen LogP contribution in [0.3, 0.4) is 0 Å². The first-order chi connectivity index (χ1) is 10.1. The normalized spacial score (nSPS) is 12.5. The summed E-state index contributed by atoms with van der Waals surface area (Å²) in [5.41, 5.74) is 8.01. The van der Waals surface area contributed by atoms with Gasteiger partial charge in [0.1, 0.15) is 17.4 Å². The molecule has 3 aromatic rings. The number of hydrogen-bond donors (Lipinski definition) is 1. The van der Waals surface area contributed by atoms with Gasteiger partial charge < -0.3 is 10.5 Å². The number of benzene rings is 2. The number of fused-ring (bicyclic) bond motifs is 1. The number of para-hydroxylation sites is 1. The Bertz CT molecular complexity index is 737. The molecule has 21 heavy (non-hydrogen) atoms. The van der Waals surface area contributed by atoms with E-state index < -0.39 is 0 Å². The maximum absolute atomic E-state index is 6.00. The van der Waals surface area contributed by atoms with Gasteiger partial charge >= 0.3 is 0 Å². The second kappa shape index (κ2) is 6.13. The molecule has 0 amide bonds. The maximum atomic E-state index is 6.00. The van der Waals surface area contributed by atoms with Crippen molar-refractivity contribution in [2.45, 2.75) is 19.6 Å². The zero-order chi connectivity index (χ0) is 14.8. The summed E-state index contributed by atoms with van der Waals surface area (Å²) in [6, 6.07) is 13.9. The van der Waals surface area contributed by atoms with Crippen molar-refractivity contribution in [3.05, 3.63) is 57.5 Å². The SMILES string of the molecule is C[C@@H](N)c1cc(Br)ccc1OCc1nc2ccccc2s1. The van der Waals surface area contributed by atoms with E-state index in [2.05, 4.69) is 27.0 Å². The van der Waals surface area contributed by atoms with Crippen LogP contribution in [0.1, 0.15) is 23.5 Å². The number of thiazole rings is 1. The molecule has 3 nitrogen and oxygen atoms in total. The maximum Gasteiger partial charge on any atom is 0.140 e. The van der Waals surface area contributed by atoms with E-state index in [1.54, 1.807) is 11.3 Å². The zero-order valence-corrected chi connectivity index (χ0v) is 13.9. The lowest BCUT2D eigenvalue weighted by atomic mass is 10.1. The first kappa shape index (κ1) is 14.5. The van der Waals surface area contributed by atoms with Gasteiger partial charge in [-0.3, -0.25) is 0 Å². The third-order valence-electron chi connectivity index (χ3n) is 3.15. The van der Waals surface area contributed by atoms with Crippen LogP contribution < -0.4 is 10.5 Å². The molecule has 0 unspecified atom stereocenters. The summed E-state index contributed by atoms with van der Waals surface area (Å²) in [6.45, 7) is 2.41. The lowest BCUT2D eigenvalue weighted by Crippen LogP contribution is -2.08. The molecule has 108 valence electrons. The predicted molar refractivity (Wildman–Crippen MR) is 90.7 cm³/mol. The average Bonchev–Trinajstić information content (AvgIpc) is 2.88. The van der Waals surface area contributed by atoms with Gasteiger partial charge in [0.2, 0.25) is 0 Å². The van der Waals surface area contributed by atoms with Crippen LogP contribution in [0, 0.1) is 0 Å². The molecule has 0 radical (unpaired) electrons. The highest BCUT2D eigenvalue weighted by Gasteiger charge is 2.10. The Hall–Kier alpha value is -1.43. The van der Waals surface area contributed by atoms with Gasteiger partial charge in [0.15, 0.2) is 0 Å². The minimum atomic E-state index is -0.0760. The van der Waals surface area contributed by atoms with Crippen LogP contribution in [-0.2, 0) is 6.61 Å². The van der Waals surface area contributed by atoms with Gasteiger partial charge in [-0.2, -0.15) is 0 Å². The van der Waals surface area contributed by atoms with Crippen molar-refractivity contribution in [2.75, 3.05) is 0 Å². The van der Waals surface area contributed by atoms with Crippen molar-refractivity contribution in [1.82, 2.24) is 4.98 Å². The minimum Gasteiger partial charge on any atom is -0.486 e. The molecule has 3 rings (SSSR count). The lowest BCUT2D eigenvalue weighted by molar-refractivity contribution is 0.301. The summed E-state index contributed by atoms with van der Waals surface area (Å²) < 4.78 is 8.10. The summed E-state index contributed by atoms with van der Waals surface area (Å²) in [7, 11) is 0. The van der Waals surface area contributed by atoms with Crippen molar-refractivity contribution in [3.8, 4) is 5.75 Å². The van der Waals surface area contributed by atoms with Gasteiger partial charge in [0.25, 0.3) is 0 Å². The molecule has 1 aromatic heterocycles. The second-order valence-corrected chi connectivity index (χ2v) is 6.87. The van der Waals surface area contributed by atoms with E-state index in [4.69, 9.17) is 10.5 Å². The highest BCUT2D eigenvalue weighted by Crippen LogP contribution is 2.29. The van der Waals surface area contributed by atoms with Crippen LogP contribution in [0.5, 0.6) is 5.75 Å². The summed E-state index contributed by atoms with van der Waals surface area (Å²) in [5, 5.41) is 0.967. The van der Waals surface area contributed by atoms with Gasteiger partial charge in [-0.25, -0.2) is 4.98 Å². The lowest BCUT2D eigenvalue weighted by Gasteiger charge is -2.13. The number of aromatic nitrogens is 1. The quantitative estimate of drug-likeness (QED) is 0.734. The molecule has 0 aliphatic heterocycles. The molecule has 1 heterocycles. The second-order valence-electron chi connectivity index (χ2n) is 4.83. The molecule has 0 aliphatic rings. The van der Waals surface area contributed by atoms with Crippen LogP contribution in [0.25, 0.3) is 10.2 Å². The Kier molecular flexibility index (Phi) is 4.24.